The van der Waals surface area contributed by atoms with Crippen LogP contribution < -0.4 is 10.1 Å². The number of carbonyl (C=O) groups is 1. The number of nitrogens with one attached hydrogen (secondary N) is 1. The van der Waals surface area contributed by atoms with Gasteiger partial charge in [0.15, 0.2) is 5.82 Å². The molecule has 0 bridgehead atoms. The highest BCUT2D eigenvalue weighted by molar-refractivity contribution is 9.10. The van der Waals surface area contributed by atoms with E-state index >= 15 is 0 Å². The van der Waals surface area contributed by atoms with E-state index < -0.39 is 0 Å². The lowest BCUT2D eigenvalue weighted by atomic mass is 10.1. The first-order valence-corrected chi connectivity index (χ1v) is 9.35. The minimum Gasteiger partial charge on any atom is -0.493 e. The van der Waals surface area contributed by atoms with Gasteiger partial charge in [-0.25, -0.2) is 0 Å². The minimum absolute atomic E-state index is 0.131. The predicted octanol–water partition coefficient (Wildman–Crippen LogP) is 4.20. The fourth-order valence-electron chi connectivity index (χ4n) is 2.61. The first-order valence-electron chi connectivity index (χ1n) is 8.56. The number of hydrogen-bond acceptors (Lipinski definition) is 5. The van der Waals surface area contributed by atoms with Crippen LogP contribution in [0.1, 0.15) is 23.4 Å². The number of hydrogen-bond donors (Lipinski definition) is 1. The molecule has 0 radical (unpaired) electrons. The van der Waals surface area contributed by atoms with Crippen molar-refractivity contribution in [3.8, 4) is 17.2 Å². The molecule has 140 valence electrons. The average Bonchev–Trinajstić information content (AvgIpc) is 3.08. The van der Waals surface area contributed by atoms with Crippen molar-refractivity contribution in [2.24, 2.45) is 0 Å². The van der Waals surface area contributed by atoms with Gasteiger partial charge in [-0.15, -0.1) is 0 Å². The van der Waals surface area contributed by atoms with Crippen LogP contribution in [0.2, 0.25) is 0 Å². The van der Waals surface area contributed by atoms with Crippen molar-refractivity contribution in [1.82, 2.24) is 15.5 Å². The molecule has 0 unspecified atom stereocenters. The number of ether oxygens (including phenoxy) is 1. The Labute approximate surface area is 166 Å². The molecule has 6 nitrogen and oxygen atoms in total. The molecule has 7 heteroatoms. The normalized spacial score (nSPS) is 10.6. The molecule has 0 aliphatic rings. The van der Waals surface area contributed by atoms with Crippen LogP contribution in [0.5, 0.6) is 5.75 Å². The summed E-state index contributed by atoms with van der Waals surface area (Å²) < 4.78 is 11.8. The number of rotatable bonds is 7. The van der Waals surface area contributed by atoms with Crippen molar-refractivity contribution >= 4 is 21.8 Å². The molecule has 0 fully saturated rings. The summed E-state index contributed by atoms with van der Waals surface area (Å²) in [4.78, 5) is 16.3. The molecule has 0 saturated carbocycles. The van der Waals surface area contributed by atoms with Crippen LogP contribution in [0, 0.1) is 13.8 Å². The van der Waals surface area contributed by atoms with Crippen LogP contribution in [-0.4, -0.2) is 22.7 Å². The molecule has 1 N–H and O–H groups in total. The Hall–Kier alpha value is -2.67. The molecule has 3 aromatic rings. The number of carbonyl (C=O) groups excluding carboxylic acids is 1. The zero-order valence-corrected chi connectivity index (χ0v) is 16.7. The maximum Gasteiger partial charge on any atom is 0.258 e. The lowest BCUT2D eigenvalue weighted by molar-refractivity contribution is -0.121. The molecule has 0 saturated heterocycles. The number of aromatic nitrogens is 2. The van der Waals surface area contributed by atoms with Gasteiger partial charge in [-0.05, 0) is 55.3 Å². The monoisotopic (exact) mass is 429 g/mol. The highest BCUT2D eigenvalue weighted by Gasteiger charge is 2.10. The van der Waals surface area contributed by atoms with Gasteiger partial charge >= 0.3 is 0 Å². The fourth-order valence-corrected chi connectivity index (χ4v) is 3.01. The van der Waals surface area contributed by atoms with E-state index in [1.807, 2.05) is 50.2 Å². The van der Waals surface area contributed by atoms with Gasteiger partial charge in [0, 0.05) is 10.0 Å². The summed E-state index contributed by atoms with van der Waals surface area (Å²) in [5, 5.41) is 6.67. The van der Waals surface area contributed by atoms with E-state index in [9.17, 15) is 4.79 Å². The second-order valence-electron chi connectivity index (χ2n) is 6.22. The van der Waals surface area contributed by atoms with Gasteiger partial charge in [-0.1, -0.05) is 33.2 Å². The Balaban J connectivity index is 1.45. The topological polar surface area (TPSA) is 77.2 Å². The van der Waals surface area contributed by atoms with Crippen molar-refractivity contribution in [2.75, 3.05) is 6.61 Å². The fraction of sp³-hybridized carbons (Fsp3) is 0.250. The largest absolute Gasteiger partial charge is 0.493 e. The summed E-state index contributed by atoms with van der Waals surface area (Å²) in [6.45, 7) is 4.55. The second-order valence-corrected chi connectivity index (χ2v) is 7.14. The first kappa shape index (κ1) is 19.1. The summed E-state index contributed by atoms with van der Waals surface area (Å²) in [5.74, 6) is 1.48. The molecular weight excluding hydrogens is 410 g/mol. The number of halogens is 1. The molecular formula is C20H20BrN3O3. The third kappa shape index (κ3) is 5.65. The standard InChI is InChI=1S/C20H20BrN3O3/c1-13-8-14(2)10-17(9-13)26-7-6-19(25)22-12-18-23-20(27-24-18)15-4-3-5-16(21)11-15/h3-5,8-11H,6-7,12H2,1-2H3,(H,22,25). The Morgan fingerprint density at radius 2 is 1.96 bits per heavy atom. The number of benzene rings is 2. The first-order chi connectivity index (χ1) is 13.0. The average molecular weight is 430 g/mol. The van der Waals surface area contributed by atoms with Gasteiger partial charge in [-0.3, -0.25) is 4.79 Å². The molecule has 0 spiro atoms. The molecule has 27 heavy (non-hydrogen) atoms. The van der Waals surface area contributed by atoms with Crippen LogP contribution in [0.3, 0.4) is 0 Å². The van der Waals surface area contributed by atoms with Crippen LogP contribution >= 0.6 is 15.9 Å². The maximum atomic E-state index is 12.0. The van der Waals surface area contributed by atoms with E-state index in [-0.39, 0.29) is 18.9 Å². The van der Waals surface area contributed by atoms with Crippen LogP contribution in [-0.2, 0) is 11.3 Å². The SMILES string of the molecule is Cc1cc(C)cc(OCCC(=O)NCc2noc(-c3cccc(Br)c3)n2)c1. The Morgan fingerprint density at radius 1 is 1.19 bits per heavy atom. The van der Waals surface area contributed by atoms with Gasteiger partial charge in [0.05, 0.1) is 19.6 Å². The van der Waals surface area contributed by atoms with Crippen LogP contribution in [0.15, 0.2) is 51.5 Å². The predicted molar refractivity (Wildman–Crippen MR) is 105 cm³/mol. The van der Waals surface area contributed by atoms with Crippen molar-refractivity contribution in [1.29, 1.82) is 0 Å². The van der Waals surface area contributed by atoms with Crippen molar-refractivity contribution in [2.45, 2.75) is 26.8 Å². The molecule has 2 aromatic carbocycles. The summed E-state index contributed by atoms with van der Waals surface area (Å²) in [5.41, 5.74) is 3.08. The van der Waals surface area contributed by atoms with E-state index in [2.05, 4.69) is 37.5 Å². The molecule has 0 aliphatic carbocycles. The molecule has 0 atom stereocenters. The molecule has 1 heterocycles. The van der Waals surface area contributed by atoms with Crippen molar-refractivity contribution < 1.29 is 14.1 Å². The molecule has 0 aliphatic heterocycles. The van der Waals surface area contributed by atoms with E-state index in [1.54, 1.807) is 0 Å². The number of amides is 1. The van der Waals surface area contributed by atoms with Gasteiger partial charge in [-0.2, -0.15) is 4.98 Å². The maximum absolute atomic E-state index is 12.0. The Kier molecular flexibility index (Phi) is 6.24. The van der Waals surface area contributed by atoms with E-state index in [1.165, 1.54) is 0 Å². The zero-order chi connectivity index (χ0) is 19.2. The smallest absolute Gasteiger partial charge is 0.258 e. The molecule has 3 rings (SSSR count). The minimum atomic E-state index is -0.131. The number of aryl methyl sites for hydroxylation is 2. The van der Waals surface area contributed by atoms with Gasteiger partial charge < -0.3 is 14.6 Å². The Morgan fingerprint density at radius 3 is 2.70 bits per heavy atom. The van der Waals surface area contributed by atoms with Crippen molar-refractivity contribution in [3.63, 3.8) is 0 Å². The molecule has 1 aromatic heterocycles. The number of nitrogens with zero attached hydrogens (tertiary/aromatic N) is 2. The summed E-state index contributed by atoms with van der Waals surface area (Å²) >= 11 is 3.41. The lowest BCUT2D eigenvalue weighted by Crippen LogP contribution is -2.25. The zero-order valence-electron chi connectivity index (χ0n) is 15.2. The summed E-state index contributed by atoms with van der Waals surface area (Å²) in [7, 11) is 0. The molecule has 1 amide bonds. The lowest BCUT2D eigenvalue weighted by Gasteiger charge is -2.08. The third-order valence-corrected chi connectivity index (χ3v) is 4.27. The van der Waals surface area contributed by atoms with E-state index in [4.69, 9.17) is 9.26 Å². The van der Waals surface area contributed by atoms with Gasteiger partial charge in [0.25, 0.3) is 5.89 Å². The summed E-state index contributed by atoms with van der Waals surface area (Å²) in [6.07, 6.45) is 0.253. The van der Waals surface area contributed by atoms with Gasteiger partial charge in [0.1, 0.15) is 5.75 Å². The highest BCUT2D eigenvalue weighted by Crippen LogP contribution is 2.21. The van der Waals surface area contributed by atoms with E-state index in [0.717, 1.165) is 26.9 Å². The van der Waals surface area contributed by atoms with Crippen LogP contribution in [0.4, 0.5) is 0 Å². The highest BCUT2D eigenvalue weighted by atomic mass is 79.9. The summed E-state index contributed by atoms with van der Waals surface area (Å²) in [6, 6.07) is 13.6. The van der Waals surface area contributed by atoms with Gasteiger partial charge in [0.2, 0.25) is 5.91 Å². The third-order valence-electron chi connectivity index (χ3n) is 3.78. The van der Waals surface area contributed by atoms with Crippen molar-refractivity contribution in [3.05, 3.63) is 63.9 Å². The van der Waals surface area contributed by atoms with E-state index in [0.29, 0.717) is 18.3 Å². The Bertz CT molecular complexity index is 919. The van der Waals surface area contributed by atoms with Crippen LogP contribution in [0.25, 0.3) is 11.5 Å². The second kappa shape index (κ2) is 8.81. The quantitative estimate of drug-likeness (QED) is 0.608.